The Bertz CT molecular complexity index is 436. The zero-order valence-electron chi connectivity index (χ0n) is 11.5. The summed E-state index contributed by atoms with van der Waals surface area (Å²) < 4.78 is 11.0. The number of ether oxygens (including phenoxy) is 2. The monoisotopic (exact) mass is 265 g/mol. The predicted molar refractivity (Wildman–Crippen MR) is 68.8 cm³/mol. The maximum absolute atomic E-state index is 12.4. The van der Waals surface area contributed by atoms with Crippen LogP contribution in [0.15, 0.2) is 18.7 Å². The summed E-state index contributed by atoms with van der Waals surface area (Å²) in [5, 5.41) is 0. The zero-order chi connectivity index (χ0) is 13.9. The molecule has 1 aromatic rings. The number of hydrogen-bond acceptors (Lipinski definition) is 5. The molecule has 2 rings (SSSR count). The fraction of sp³-hybridized carbons (Fsp3) is 0.615. The van der Waals surface area contributed by atoms with Crippen molar-refractivity contribution >= 4 is 5.91 Å². The third kappa shape index (κ3) is 3.48. The average molecular weight is 265 g/mol. The predicted octanol–water partition coefficient (Wildman–Crippen LogP) is 0.743. The quantitative estimate of drug-likeness (QED) is 0.806. The number of morpholine rings is 1. The molecule has 0 radical (unpaired) electrons. The van der Waals surface area contributed by atoms with E-state index >= 15 is 0 Å². The molecule has 1 fully saturated rings. The third-order valence-electron chi connectivity index (χ3n) is 2.93. The van der Waals surface area contributed by atoms with E-state index in [-0.39, 0.29) is 17.6 Å². The highest BCUT2D eigenvalue weighted by atomic mass is 16.5. The van der Waals surface area contributed by atoms with Crippen LogP contribution in [-0.4, -0.2) is 59.3 Å². The highest BCUT2D eigenvalue weighted by Gasteiger charge is 2.35. The largest absolute Gasteiger partial charge is 0.382 e. The molecule has 1 saturated heterocycles. The molecule has 1 aliphatic rings. The molecule has 0 spiro atoms. The van der Waals surface area contributed by atoms with Gasteiger partial charge >= 0.3 is 0 Å². The second kappa shape index (κ2) is 5.63. The Hall–Kier alpha value is -1.53. The first-order valence-corrected chi connectivity index (χ1v) is 6.23. The van der Waals surface area contributed by atoms with Crippen LogP contribution in [0, 0.1) is 0 Å². The van der Waals surface area contributed by atoms with Gasteiger partial charge in [-0.15, -0.1) is 0 Å². The SMILES string of the molecule is COC[C@H]1CN(C(=O)c2cncnc2)CC(C)(C)O1. The minimum atomic E-state index is -0.382. The molecular formula is C13H19N3O3. The van der Waals surface area contributed by atoms with Gasteiger partial charge < -0.3 is 14.4 Å². The molecule has 1 aromatic heterocycles. The second-order valence-corrected chi connectivity index (χ2v) is 5.27. The molecule has 1 amide bonds. The number of nitrogens with zero attached hydrogens (tertiary/aromatic N) is 3. The van der Waals surface area contributed by atoms with Crippen molar-refractivity contribution in [3.63, 3.8) is 0 Å². The molecule has 2 heterocycles. The van der Waals surface area contributed by atoms with Crippen LogP contribution in [-0.2, 0) is 9.47 Å². The lowest BCUT2D eigenvalue weighted by Crippen LogP contribution is -2.55. The van der Waals surface area contributed by atoms with Gasteiger partial charge in [0.15, 0.2) is 0 Å². The van der Waals surface area contributed by atoms with Crippen molar-refractivity contribution in [2.24, 2.45) is 0 Å². The van der Waals surface area contributed by atoms with Crippen LogP contribution in [0.2, 0.25) is 0 Å². The van der Waals surface area contributed by atoms with Gasteiger partial charge in [-0.05, 0) is 13.8 Å². The van der Waals surface area contributed by atoms with E-state index in [4.69, 9.17) is 9.47 Å². The van der Waals surface area contributed by atoms with Gasteiger partial charge in [0.2, 0.25) is 0 Å². The van der Waals surface area contributed by atoms with Crippen molar-refractivity contribution in [2.45, 2.75) is 25.6 Å². The molecule has 0 bridgehead atoms. The van der Waals surface area contributed by atoms with Gasteiger partial charge in [0.05, 0.1) is 23.9 Å². The molecule has 0 aliphatic carbocycles. The topological polar surface area (TPSA) is 64.5 Å². The van der Waals surface area contributed by atoms with Crippen molar-refractivity contribution < 1.29 is 14.3 Å². The summed E-state index contributed by atoms with van der Waals surface area (Å²) in [5.74, 6) is -0.0712. The summed E-state index contributed by atoms with van der Waals surface area (Å²) in [4.78, 5) is 21.9. The lowest BCUT2D eigenvalue weighted by atomic mass is 10.0. The first-order chi connectivity index (χ1) is 9.02. The van der Waals surface area contributed by atoms with Gasteiger partial charge in [-0.25, -0.2) is 9.97 Å². The number of amides is 1. The number of aromatic nitrogens is 2. The van der Waals surface area contributed by atoms with Crippen LogP contribution in [0.4, 0.5) is 0 Å². The summed E-state index contributed by atoms with van der Waals surface area (Å²) in [7, 11) is 1.63. The molecule has 0 unspecified atom stereocenters. The number of carbonyl (C=O) groups excluding carboxylic acids is 1. The second-order valence-electron chi connectivity index (χ2n) is 5.27. The fourth-order valence-corrected chi connectivity index (χ4v) is 2.32. The lowest BCUT2D eigenvalue weighted by molar-refractivity contribution is -0.143. The highest BCUT2D eigenvalue weighted by Crippen LogP contribution is 2.22. The molecule has 104 valence electrons. The molecule has 0 N–H and O–H groups in total. The number of carbonyl (C=O) groups is 1. The van der Waals surface area contributed by atoms with Gasteiger partial charge in [0.1, 0.15) is 6.33 Å². The number of rotatable bonds is 3. The van der Waals surface area contributed by atoms with Crippen molar-refractivity contribution in [1.82, 2.24) is 14.9 Å². The number of methoxy groups -OCH3 is 1. The molecule has 6 nitrogen and oxygen atoms in total. The Balaban J connectivity index is 2.12. The van der Waals surface area contributed by atoms with Crippen molar-refractivity contribution in [1.29, 1.82) is 0 Å². The fourth-order valence-electron chi connectivity index (χ4n) is 2.32. The first kappa shape index (κ1) is 13.9. The Morgan fingerprint density at radius 3 is 2.84 bits per heavy atom. The van der Waals surface area contributed by atoms with E-state index in [9.17, 15) is 4.79 Å². The minimum absolute atomic E-state index is 0.0712. The molecule has 1 aliphatic heterocycles. The van der Waals surface area contributed by atoms with Gasteiger partial charge in [-0.3, -0.25) is 4.79 Å². The first-order valence-electron chi connectivity index (χ1n) is 6.23. The Kier molecular flexibility index (Phi) is 4.11. The van der Waals surface area contributed by atoms with Crippen LogP contribution in [0.5, 0.6) is 0 Å². The van der Waals surface area contributed by atoms with E-state index < -0.39 is 0 Å². The zero-order valence-corrected chi connectivity index (χ0v) is 11.5. The lowest BCUT2D eigenvalue weighted by Gasteiger charge is -2.42. The van der Waals surface area contributed by atoms with Crippen molar-refractivity contribution in [2.75, 3.05) is 26.8 Å². The highest BCUT2D eigenvalue weighted by molar-refractivity contribution is 5.93. The van der Waals surface area contributed by atoms with E-state index in [0.717, 1.165) is 0 Å². The molecule has 19 heavy (non-hydrogen) atoms. The Labute approximate surface area is 112 Å². The Morgan fingerprint density at radius 2 is 2.21 bits per heavy atom. The van der Waals surface area contributed by atoms with E-state index in [0.29, 0.717) is 25.3 Å². The van der Waals surface area contributed by atoms with Gasteiger partial charge in [-0.2, -0.15) is 0 Å². The maximum Gasteiger partial charge on any atom is 0.257 e. The van der Waals surface area contributed by atoms with Gasteiger partial charge in [0.25, 0.3) is 5.91 Å². The molecule has 0 aromatic carbocycles. The smallest absolute Gasteiger partial charge is 0.257 e. The van der Waals surface area contributed by atoms with Crippen LogP contribution >= 0.6 is 0 Å². The van der Waals surface area contributed by atoms with E-state index in [1.54, 1.807) is 12.0 Å². The number of hydrogen-bond donors (Lipinski definition) is 0. The normalized spacial score (nSPS) is 22.3. The molecule has 6 heteroatoms. The third-order valence-corrected chi connectivity index (χ3v) is 2.93. The molecular weight excluding hydrogens is 246 g/mol. The van der Waals surface area contributed by atoms with Crippen molar-refractivity contribution in [3.05, 3.63) is 24.3 Å². The van der Waals surface area contributed by atoms with E-state index in [1.165, 1.54) is 18.7 Å². The Morgan fingerprint density at radius 1 is 1.53 bits per heavy atom. The molecule has 0 saturated carbocycles. The molecule has 1 atom stereocenters. The summed E-state index contributed by atoms with van der Waals surface area (Å²) >= 11 is 0. The summed E-state index contributed by atoms with van der Waals surface area (Å²) in [5.41, 5.74) is 0.114. The van der Waals surface area contributed by atoms with Crippen LogP contribution < -0.4 is 0 Å². The standard InChI is InChI=1S/C13H19N3O3/c1-13(2)8-16(6-11(19-13)7-18-3)12(17)10-4-14-9-15-5-10/h4-5,9,11H,6-8H2,1-3H3/t11-/m1/s1. The van der Waals surface area contributed by atoms with Gasteiger partial charge in [0, 0.05) is 32.6 Å². The van der Waals surface area contributed by atoms with Crippen LogP contribution in [0.25, 0.3) is 0 Å². The summed E-state index contributed by atoms with van der Waals surface area (Å²) in [6.07, 6.45) is 4.36. The maximum atomic E-state index is 12.4. The summed E-state index contributed by atoms with van der Waals surface area (Å²) in [6.45, 7) is 5.47. The van der Waals surface area contributed by atoms with E-state index in [2.05, 4.69) is 9.97 Å². The van der Waals surface area contributed by atoms with Crippen LogP contribution in [0.3, 0.4) is 0 Å². The summed E-state index contributed by atoms with van der Waals surface area (Å²) in [6, 6.07) is 0. The van der Waals surface area contributed by atoms with Crippen LogP contribution in [0.1, 0.15) is 24.2 Å². The minimum Gasteiger partial charge on any atom is -0.382 e. The van der Waals surface area contributed by atoms with Crippen molar-refractivity contribution in [3.8, 4) is 0 Å². The average Bonchev–Trinajstić information content (AvgIpc) is 2.37. The van der Waals surface area contributed by atoms with Gasteiger partial charge in [-0.1, -0.05) is 0 Å². The van der Waals surface area contributed by atoms with E-state index in [1.807, 2.05) is 13.8 Å².